The molecular weight excluding hydrogens is 347 g/mol. The van der Waals surface area contributed by atoms with Crippen LogP contribution in [0.1, 0.15) is 36.0 Å². The Hall–Kier alpha value is -2.19. The number of carbonyl (C=O) groups excluding carboxylic acids is 1. The quantitative estimate of drug-likeness (QED) is 0.837. The van der Waals surface area contributed by atoms with Crippen LogP contribution in [0.25, 0.3) is 0 Å². The molecule has 1 amide bonds. The summed E-state index contributed by atoms with van der Waals surface area (Å²) in [5.41, 5.74) is 6.54. The zero-order valence-corrected chi connectivity index (χ0v) is 14.4. The highest BCUT2D eigenvalue weighted by Gasteiger charge is 2.43. The average molecular weight is 369 g/mol. The van der Waals surface area contributed by atoms with Crippen molar-refractivity contribution in [3.63, 3.8) is 0 Å². The monoisotopic (exact) mass is 369 g/mol. The Balaban J connectivity index is 1.71. The molecule has 2 atom stereocenters. The maximum absolute atomic E-state index is 13.2. The number of carbonyl (C=O) groups is 1. The van der Waals surface area contributed by atoms with Gasteiger partial charge in [0, 0.05) is 32.2 Å². The van der Waals surface area contributed by atoms with E-state index in [1.165, 1.54) is 0 Å². The first kappa shape index (κ1) is 17.2. The van der Waals surface area contributed by atoms with E-state index < -0.39 is 18.0 Å². The van der Waals surface area contributed by atoms with Gasteiger partial charge in [-0.2, -0.15) is 13.2 Å². The SMILES string of the molecule is NC(=O)c1cc2c(nc1N1CCCC(C(F)(F)F)C1)NC1CCCN2C1. The summed E-state index contributed by atoms with van der Waals surface area (Å²) in [4.78, 5) is 20.3. The molecule has 2 bridgehead atoms. The molecule has 0 spiro atoms. The van der Waals surface area contributed by atoms with Gasteiger partial charge >= 0.3 is 6.18 Å². The first-order valence-corrected chi connectivity index (χ1v) is 9.01. The van der Waals surface area contributed by atoms with Crippen LogP contribution in [-0.4, -0.2) is 49.3 Å². The minimum absolute atomic E-state index is 0.102. The molecule has 2 unspecified atom stereocenters. The summed E-state index contributed by atoms with van der Waals surface area (Å²) in [5, 5.41) is 3.36. The summed E-state index contributed by atoms with van der Waals surface area (Å²) in [6.07, 6.45) is -1.66. The molecular formula is C17H22F3N5O. The minimum Gasteiger partial charge on any atom is -0.366 e. The molecule has 1 aromatic heterocycles. The number of alkyl halides is 3. The number of nitrogens with two attached hydrogens (primary N) is 1. The fraction of sp³-hybridized carbons (Fsp3) is 0.647. The molecule has 26 heavy (non-hydrogen) atoms. The van der Waals surface area contributed by atoms with Crippen molar-refractivity contribution >= 4 is 23.2 Å². The molecule has 3 aliphatic heterocycles. The van der Waals surface area contributed by atoms with Crippen LogP contribution in [0.2, 0.25) is 0 Å². The summed E-state index contributed by atoms with van der Waals surface area (Å²) in [6, 6.07) is 1.96. The molecule has 9 heteroatoms. The smallest absolute Gasteiger partial charge is 0.366 e. The molecule has 6 nitrogen and oxygen atoms in total. The Kier molecular flexibility index (Phi) is 4.11. The normalized spacial score (nSPS) is 25.5. The second-order valence-electron chi connectivity index (χ2n) is 7.35. The van der Waals surface area contributed by atoms with Crippen LogP contribution in [0, 0.1) is 5.92 Å². The maximum Gasteiger partial charge on any atom is 0.393 e. The molecule has 3 aliphatic rings. The summed E-state index contributed by atoms with van der Waals surface area (Å²) in [6.45, 7) is 1.96. The van der Waals surface area contributed by atoms with Crippen molar-refractivity contribution in [3.05, 3.63) is 11.6 Å². The van der Waals surface area contributed by atoms with Crippen molar-refractivity contribution in [1.82, 2.24) is 4.98 Å². The zero-order chi connectivity index (χ0) is 18.5. The second-order valence-corrected chi connectivity index (χ2v) is 7.35. The number of hydrogen-bond donors (Lipinski definition) is 2. The van der Waals surface area contributed by atoms with E-state index >= 15 is 0 Å². The number of hydrogen-bond acceptors (Lipinski definition) is 5. The van der Waals surface area contributed by atoms with Gasteiger partial charge in [-0.25, -0.2) is 4.98 Å². The number of pyridine rings is 1. The van der Waals surface area contributed by atoms with Gasteiger partial charge in [-0.05, 0) is 31.7 Å². The molecule has 2 fully saturated rings. The van der Waals surface area contributed by atoms with Crippen LogP contribution in [0.15, 0.2) is 6.07 Å². The average Bonchev–Trinajstić information content (AvgIpc) is 2.60. The van der Waals surface area contributed by atoms with Gasteiger partial charge in [-0.1, -0.05) is 0 Å². The molecule has 4 heterocycles. The molecule has 4 rings (SSSR count). The standard InChI is InChI=1S/C17H22F3N5O/c18-17(19,20)10-3-1-6-25(8-10)16-12(14(21)26)7-13-15(23-16)22-11-4-2-5-24(13)9-11/h7,10-11H,1-6,8-9H2,(H2,21,26)(H,22,23). The van der Waals surface area contributed by atoms with Gasteiger partial charge in [0.25, 0.3) is 5.91 Å². The third-order valence-corrected chi connectivity index (χ3v) is 5.53. The number of fused-ring (bicyclic) bond motifs is 4. The first-order valence-electron chi connectivity index (χ1n) is 9.01. The van der Waals surface area contributed by atoms with Crippen LogP contribution in [0.4, 0.5) is 30.5 Å². The van der Waals surface area contributed by atoms with Gasteiger partial charge in [0.2, 0.25) is 0 Å². The molecule has 0 aromatic carbocycles. The van der Waals surface area contributed by atoms with Gasteiger partial charge in [-0.3, -0.25) is 4.79 Å². The van der Waals surface area contributed by atoms with Crippen molar-refractivity contribution in [1.29, 1.82) is 0 Å². The Morgan fingerprint density at radius 2 is 1.92 bits per heavy atom. The number of amides is 1. The van der Waals surface area contributed by atoms with Crippen molar-refractivity contribution in [2.24, 2.45) is 11.7 Å². The topological polar surface area (TPSA) is 74.5 Å². The number of piperidine rings is 2. The molecule has 0 saturated carbocycles. The third kappa shape index (κ3) is 3.03. The van der Waals surface area contributed by atoms with Gasteiger partial charge in [0.15, 0.2) is 5.82 Å². The van der Waals surface area contributed by atoms with Crippen LogP contribution in [0.5, 0.6) is 0 Å². The number of rotatable bonds is 2. The summed E-state index contributed by atoms with van der Waals surface area (Å²) >= 11 is 0. The number of halogens is 3. The lowest BCUT2D eigenvalue weighted by Crippen LogP contribution is -2.47. The minimum atomic E-state index is -4.25. The van der Waals surface area contributed by atoms with Crippen molar-refractivity contribution in [2.75, 3.05) is 41.3 Å². The number of primary amides is 1. The molecule has 0 radical (unpaired) electrons. The fourth-order valence-corrected chi connectivity index (χ4v) is 4.21. The Labute approximate surface area is 149 Å². The van der Waals surface area contributed by atoms with Crippen LogP contribution >= 0.6 is 0 Å². The summed E-state index contributed by atoms with van der Waals surface area (Å²) < 4.78 is 39.5. The van der Waals surface area contributed by atoms with Gasteiger partial charge in [0.1, 0.15) is 5.82 Å². The highest BCUT2D eigenvalue weighted by atomic mass is 19.4. The third-order valence-electron chi connectivity index (χ3n) is 5.53. The van der Waals surface area contributed by atoms with E-state index in [1.807, 2.05) is 0 Å². The van der Waals surface area contributed by atoms with Gasteiger partial charge in [0.05, 0.1) is 17.2 Å². The molecule has 142 valence electrons. The van der Waals surface area contributed by atoms with Crippen molar-refractivity contribution in [3.8, 4) is 0 Å². The lowest BCUT2D eigenvalue weighted by molar-refractivity contribution is -0.176. The van der Waals surface area contributed by atoms with Crippen LogP contribution in [-0.2, 0) is 0 Å². The number of aromatic nitrogens is 1. The molecule has 0 aliphatic carbocycles. The highest BCUT2D eigenvalue weighted by Crippen LogP contribution is 2.39. The number of nitrogens with one attached hydrogen (secondary N) is 1. The van der Waals surface area contributed by atoms with Crippen molar-refractivity contribution < 1.29 is 18.0 Å². The Morgan fingerprint density at radius 3 is 2.65 bits per heavy atom. The van der Waals surface area contributed by atoms with Gasteiger partial charge < -0.3 is 20.9 Å². The lowest BCUT2D eigenvalue weighted by atomic mass is 9.96. The largest absolute Gasteiger partial charge is 0.393 e. The first-order chi connectivity index (χ1) is 12.3. The fourth-order valence-electron chi connectivity index (χ4n) is 4.21. The summed E-state index contributed by atoms with van der Waals surface area (Å²) in [5.74, 6) is -1.18. The number of anilines is 3. The lowest BCUT2D eigenvalue weighted by Gasteiger charge is -2.42. The van der Waals surface area contributed by atoms with E-state index in [0.29, 0.717) is 18.8 Å². The predicted molar refractivity (Wildman–Crippen MR) is 92.6 cm³/mol. The molecule has 2 saturated heterocycles. The maximum atomic E-state index is 13.2. The Morgan fingerprint density at radius 1 is 1.19 bits per heavy atom. The van der Waals surface area contributed by atoms with E-state index in [9.17, 15) is 18.0 Å². The van der Waals surface area contributed by atoms with E-state index in [0.717, 1.165) is 31.6 Å². The van der Waals surface area contributed by atoms with E-state index in [1.54, 1.807) is 11.0 Å². The predicted octanol–water partition coefficient (Wildman–Crippen LogP) is 2.35. The van der Waals surface area contributed by atoms with Crippen LogP contribution in [0.3, 0.4) is 0 Å². The van der Waals surface area contributed by atoms with E-state index in [-0.39, 0.29) is 30.4 Å². The van der Waals surface area contributed by atoms with E-state index in [4.69, 9.17) is 5.73 Å². The van der Waals surface area contributed by atoms with E-state index in [2.05, 4.69) is 15.2 Å². The second kappa shape index (κ2) is 6.21. The molecule has 3 N–H and O–H groups in total. The summed E-state index contributed by atoms with van der Waals surface area (Å²) in [7, 11) is 0. The molecule has 1 aromatic rings. The number of nitrogens with zero attached hydrogens (tertiary/aromatic N) is 3. The Bertz CT molecular complexity index is 723. The van der Waals surface area contributed by atoms with Gasteiger partial charge in [-0.15, -0.1) is 0 Å². The van der Waals surface area contributed by atoms with Crippen molar-refractivity contribution in [2.45, 2.75) is 37.9 Å². The van der Waals surface area contributed by atoms with Crippen LogP contribution < -0.4 is 20.9 Å². The highest BCUT2D eigenvalue weighted by molar-refractivity contribution is 6.00. The zero-order valence-electron chi connectivity index (χ0n) is 14.4.